The minimum atomic E-state index is -0.584. The van der Waals surface area contributed by atoms with E-state index in [0.29, 0.717) is 16.1 Å². The molecule has 0 aliphatic heterocycles. The fourth-order valence-electron chi connectivity index (χ4n) is 1.45. The molecule has 3 aromatic rings. The van der Waals surface area contributed by atoms with Gasteiger partial charge in [-0.15, -0.1) is 10.2 Å². The van der Waals surface area contributed by atoms with Crippen LogP contribution in [0.4, 0.5) is 0 Å². The van der Waals surface area contributed by atoms with Gasteiger partial charge in [0.05, 0.1) is 0 Å². The second kappa shape index (κ2) is 4.61. The summed E-state index contributed by atoms with van der Waals surface area (Å²) in [5, 5.41) is 18.4. The van der Waals surface area contributed by atoms with Crippen LogP contribution in [0.1, 0.15) is 0 Å². The monoisotopic (exact) mass is 279 g/mol. The number of fused-ring (bicyclic) bond motifs is 1. The molecule has 0 bridgehead atoms. The van der Waals surface area contributed by atoms with Crippen molar-refractivity contribution in [2.45, 2.75) is 6.54 Å². The van der Waals surface area contributed by atoms with Gasteiger partial charge in [-0.05, 0) is 33.8 Å². The number of carbonyl (C=O) groups excluding carboxylic acids is 1. The van der Waals surface area contributed by atoms with Gasteiger partial charge in [0.25, 0.3) is 0 Å². The molecular weight excluding hydrogens is 274 g/mol. The van der Waals surface area contributed by atoms with E-state index < -0.39 is 5.97 Å². The van der Waals surface area contributed by atoms with E-state index in [1.807, 2.05) is 0 Å². The second-order valence-electron chi connectivity index (χ2n) is 3.57. The highest BCUT2D eigenvalue weighted by Gasteiger charge is 2.11. The lowest BCUT2D eigenvalue weighted by Gasteiger charge is -2.02. The van der Waals surface area contributed by atoms with Gasteiger partial charge < -0.3 is 4.84 Å². The predicted molar refractivity (Wildman–Crippen MR) is 61.9 cm³/mol. The van der Waals surface area contributed by atoms with Gasteiger partial charge in [-0.3, -0.25) is 0 Å². The number of rotatable bonds is 3. The summed E-state index contributed by atoms with van der Waals surface area (Å²) in [6.07, 6.45) is 1.30. The molecule has 0 unspecified atom stereocenters. The molecule has 0 radical (unpaired) electrons. The van der Waals surface area contributed by atoms with E-state index in [9.17, 15) is 4.79 Å². The molecule has 1 aromatic carbocycles. The van der Waals surface area contributed by atoms with Crippen LogP contribution in [0.25, 0.3) is 11.0 Å². The topological polar surface area (TPSA) is 101 Å². The largest absolute Gasteiger partial charge is 0.356 e. The molecule has 2 heterocycles. The second-order valence-corrected chi connectivity index (χ2v) is 4.00. The first-order chi connectivity index (χ1) is 9.22. The van der Waals surface area contributed by atoms with Crippen LogP contribution in [-0.2, 0) is 11.3 Å². The van der Waals surface area contributed by atoms with E-state index in [4.69, 9.17) is 16.4 Å². The van der Waals surface area contributed by atoms with Gasteiger partial charge in [0.15, 0.2) is 0 Å². The summed E-state index contributed by atoms with van der Waals surface area (Å²) in [6, 6.07) is 4.95. The van der Waals surface area contributed by atoms with E-state index in [1.165, 1.54) is 11.0 Å². The Morgan fingerprint density at radius 3 is 3.05 bits per heavy atom. The average molecular weight is 280 g/mol. The number of hydrogen-bond acceptors (Lipinski definition) is 7. The summed E-state index contributed by atoms with van der Waals surface area (Å²) in [5.74, 6) is -0.584. The summed E-state index contributed by atoms with van der Waals surface area (Å²) in [6.45, 7) is -0.130. The van der Waals surface area contributed by atoms with Gasteiger partial charge in [-0.1, -0.05) is 16.4 Å². The van der Waals surface area contributed by atoms with Crippen LogP contribution >= 0.6 is 11.6 Å². The van der Waals surface area contributed by atoms with Crippen LogP contribution in [0.2, 0.25) is 5.02 Å². The first-order valence-corrected chi connectivity index (χ1v) is 5.53. The van der Waals surface area contributed by atoms with Crippen molar-refractivity contribution >= 4 is 28.6 Å². The van der Waals surface area contributed by atoms with Crippen LogP contribution in [0, 0.1) is 0 Å². The smallest absolute Gasteiger partial charge is 0.315 e. The molecular formula is C9H6ClN7O2. The molecule has 19 heavy (non-hydrogen) atoms. The van der Waals surface area contributed by atoms with Gasteiger partial charge in [0.1, 0.15) is 23.9 Å². The molecule has 0 saturated heterocycles. The van der Waals surface area contributed by atoms with E-state index in [1.54, 1.807) is 18.2 Å². The Morgan fingerprint density at radius 1 is 1.37 bits per heavy atom. The van der Waals surface area contributed by atoms with Crippen molar-refractivity contribution in [3.05, 3.63) is 29.5 Å². The lowest BCUT2D eigenvalue weighted by molar-refractivity contribution is -0.146. The number of hydrogen-bond donors (Lipinski definition) is 0. The van der Waals surface area contributed by atoms with Crippen molar-refractivity contribution in [3.63, 3.8) is 0 Å². The summed E-state index contributed by atoms with van der Waals surface area (Å²) in [5.41, 5.74) is 1.07. The van der Waals surface area contributed by atoms with Crippen molar-refractivity contribution < 1.29 is 9.63 Å². The maximum absolute atomic E-state index is 11.6. The lowest BCUT2D eigenvalue weighted by atomic mass is 10.3. The third kappa shape index (κ3) is 2.36. The molecule has 0 amide bonds. The van der Waals surface area contributed by atoms with Crippen LogP contribution in [0.3, 0.4) is 0 Å². The average Bonchev–Trinajstić information content (AvgIpc) is 3.00. The number of nitrogens with zero attached hydrogens (tertiary/aromatic N) is 7. The molecule has 3 rings (SSSR count). The zero-order chi connectivity index (χ0) is 13.2. The maximum atomic E-state index is 11.6. The lowest BCUT2D eigenvalue weighted by Crippen LogP contribution is -2.25. The van der Waals surface area contributed by atoms with E-state index >= 15 is 0 Å². The quantitative estimate of drug-likeness (QED) is 0.608. The molecule has 0 N–H and O–H groups in total. The highest BCUT2D eigenvalue weighted by atomic mass is 35.5. The summed E-state index contributed by atoms with van der Waals surface area (Å²) in [7, 11) is 0. The first kappa shape index (κ1) is 11.5. The number of halogens is 1. The number of benzene rings is 1. The van der Waals surface area contributed by atoms with Gasteiger partial charge in [0, 0.05) is 5.02 Å². The number of tetrazole rings is 1. The third-order valence-electron chi connectivity index (χ3n) is 2.25. The zero-order valence-electron chi connectivity index (χ0n) is 9.34. The van der Waals surface area contributed by atoms with Crippen LogP contribution in [-0.4, -0.2) is 41.3 Å². The van der Waals surface area contributed by atoms with Crippen molar-refractivity contribution in [2.24, 2.45) is 0 Å². The van der Waals surface area contributed by atoms with Gasteiger partial charge >= 0.3 is 5.97 Å². The molecule has 0 aliphatic rings. The molecule has 10 heteroatoms. The molecule has 2 aromatic heterocycles. The first-order valence-electron chi connectivity index (χ1n) is 5.15. The molecule has 0 fully saturated rings. The Morgan fingerprint density at radius 2 is 2.26 bits per heavy atom. The normalized spacial score (nSPS) is 10.8. The summed E-state index contributed by atoms with van der Waals surface area (Å²) >= 11 is 5.86. The van der Waals surface area contributed by atoms with Gasteiger partial charge in [-0.2, -0.15) is 0 Å². The van der Waals surface area contributed by atoms with E-state index in [0.717, 1.165) is 4.85 Å². The Kier molecular flexibility index (Phi) is 2.80. The Balaban J connectivity index is 1.81. The van der Waals surface area contributed by atoms with Crippen molar-refractivity contribution in [1.82, 2.24) is 35.4 Å². The van der Waals surface area contributed by atoms with Crippen LogP contribution < -0.4 is 4.84 Å². The molecule has 96 valence electrons. The van der Waals surface area contributed by atoms with Gasteiger partial charge in [0.2, 0.25) is 0 Å². The molecule has 9 nitrogen and oxygen atoms in total. The fourth-order valence-corrected chi connectivity index (χ4v) is 1.62. The van der Waals surface area contributed by atoms with Crippen molar-refractivity contribution in [1.29, 1.82) is 0 Å². The minimum absolute atomic E-state index is 0.130. The highest BCUT2D eigenvalue weighted by Crippen LogP contribution is 2.16. The Hall–Kier alpha value is -2.55. The summed E-state index contributed by atoms with van der Waals surface area (Å²) < 4.78 is 1.23. The van der Waals surface area contributed by atoms with Crippen molar-refractivity contribution in [3.8, 4) is 0 Å². The third-order valence-corrected chi connectivity index (χ3v) is 2.48. The van der Waals surface area contributed by atoms with E-state index in [2.05, 4.69) is 25.8 Å². The van der Waals surface area contributed by atoms with Crippen LogP contribution in [0.15, 0.2) is 24.5 Å². The SMILES string of the molecule is O=C(Cn1cnnn1)On1nnc2ccc(Cl)cc21. The standard InChI is InChI=1S/C9H6ClN7O2/c10-6-1-2-7-8(3-6)17(14-12-7)19-9(18)4-16-5-11-13-15-16/h1-3,5H,4H2. The maximum Gasteiger partial charge on any atom is 0.356 e. The zero-order valence-corrected chi connectivity index (χ0v) is 10.1. The van der Waals surface area contributed by atoms with E-state index in [-0.39, 0.29) is 6.54 Å². The van der Waals surface area contributed by atoms with Crippen LogP contribution in [0.5, 0.6) is 0 Å². The van der Waals surface area contributed by atoms with Crippen molar-refractivity contribution in [2.75, 3.05) is 0 Å². The number of carbonyl (C=O) groups is 1. The molecule has 0 saturated carbocycles. The molecule has 0 spiro atoms. The Bertz CT molecular complexity index is 723. The highest BCUT2D eigenvalue weighted by molar-refractivity contribution is 6.31. The van der Waals surface area contributed by atoms with Gasteiger partial charge in [-0.25, -0.2) is 9.48 Å². The number of aromatic nitrogens is 7. The predicted octanol–water partition coefficient (Wildman–Crippen LogP) is -0.273. The molecule has 0 atom stereocenters. The summed E-state index contributed by atoms with van der Waals surface area (Å²) in [4.78, 5) is 17.7. The fraction of sp³-hybridized carbons (Fsp3) is 0.111. The minimum Gasteiger partial charge on any atom is -0.315 e. The Labute approximate surface area is 110 Å². The molecule has 0 aliphatic carbocycles.